The van der Waals surface area contributed by atoms with Gasteiger partial charge in [0, 0.05) is 17.8 Å². The van der Waals surface area contributed by atoms with E-state index in [1.165, 1.54) is 0 Å². The van der Waals surface area contributed by atoms with E-state index in [9.17, 15) is 9.90 Å². The van der Waals surface area contributed by atoms with E-state index >= 15 is 0 Å². The Balaban J connectivity index is 2.53. The number of carboxylic acids is 1. The van der Waals surface area contributed by atoms with E-state index in [-0.39, 0.29) is 0 Å². The van der Waals surface area contributed by atoms with Crippen molar-refractivity contribution in [2.24, 2.45) is 0 Å². The highest BCUT2D eigenvalue weighted by Crippen LogP contribution is 2.34. The van der Waals surface area contributed by atoms with Crippen LogP contribution in [0.25, 0.3) is 5.70 Å². The number of nitrogens with one attached hydrogen (secondary N) is 1. The molecule has 0 spiro atoms. The molecule has 0 aromatic heterocycles. The van der Waals surface area contributed by atoms with Crippen molar-refractivity contribution in [3.8, 4) is 11.5 Å². The summed E-state index contributed by atoms with van der Waals surface area (Å²) in [4.78, 5) is 10.7. The van der Waals surface area contributed by atoms with Crippen molar-refractivity contribution < 1.29 is 19.4 Å². The first-order chi connectivity index (χ1) is 8.65. The molecular formula is C13H14NO4-. The molecule has 0 radical (unpaired) electrons. The van der Waals surface area contributed by atoms with Crippen molar-refractivity contribution in [2.75, 3.05) is 20.8 Å². The number of hydrogen-bond acceptors (Lipinski definition) is 5. The van der Waals surface area contributed by atoms with Crippen molar-refractivity contribution in [3.05, 3.63) is 29.3 Å². The number of carbonyl (C=O) groups is 1. The zero-order valence-electron chi connectivity index (χ0n) is 10.3. The molecule has 1 aliphatic rings. The summed E-state index contributed by atoms with van der Waals surface area (Å²) in [6.07, 6.45) is 1.87. The molecule has 0 unspecified atom stereocenters. The van der Waals surface area contributed by atoms with Gasteiger partial charge in [0.05, 0.1) is 20.2 Å². The third-order valence-electron chi connectivity index (χ3n) is 2.87. The number of carbonyl (C=O) groups excluding carboxylic acids is 1. The zero-order valence-corrected chi connectivity index (χ0v) is 10.3. The Morgan fingerprint density at radius 2 is 2.00 bits per heavy atom. The fourth-order valence-electron chi connectivity index (χ4n) is 2.05. The van der Waals surface area contributed by atoms with Crippen LogP contribution < -0.4 is 19.9 Å². The van der Waals surface area contributed by atoms with Crippen LogP contribution in [-0.2, 0) is 11.2 Å². The van der Waals surface area contributed by atoms with Crippen molar-refractivity contribution in [2.45, 2.75) is 6.42 Å². The molecule has 2 rings (SSSR count). The van der Waals surface area contributed by atoms with Gasteiger partial charge in [-0.2, -0.15) is 0 Å². The van der Waals surface area contributed by atoms with Crippen molar-refractivity contribution in [1.82, 2.24) is 5.32 Å². The van der Waals surface area contributed by atoms with E-state index in [1.54, 1.807) is 20.3 Å². The molecule has 1 aliphatic heterocycles. The number of ether oxygens (including phenoxy) is 2. The maximum Gasteiger partial charge on any atom is 0.161 e. The highest BCUT2D eigenvalue weighted by molar-refractivity contribution is 5.89. The second-order valence-corrected chi connectivity index (χ2v) is 3.92. The van der Waals surface area contributed by atoms with Gasteiger partial charge in [-0.15, -0.1) is 0 Å². The average molecular weight is 248 g/mol. The van der Waals surface area contributed by atoms with Crippen LogP contribution in [0.15, 0.2) is 18.2 Å². The normalized spacial score (nSPS) is 15.8. The Hall–Kier alpha value is -2.17. The van der Waals surface area contributed by atoms with Crippen LogP contribution in [0.3, 0.4) is 0 Å². The molecule has 0 bridgehead atoms. The lowest BCUT2D eigenvalue weighted by Gasteiger charge is -2.23. The predicted molar refractivity (Wildman–Crippen MR) is 64.2 cm³/mol. The molecule has 96 valence electrons. The van der Waals surface area contributed by atoms with Crippen LogP contribution in [0, 0.1) is 0 Å². The van der Waals surface area contributed by atoms with E-state index in [2.05, 4.69) is 5.32 Å². The van der Waals surface area contributed by atoms with Crippen LogP contribution in [0.5, 0.6) is 11.5 Å². The first-order valence-corrected chi connectivity index (χ1v) is 5.57. The largest absolute Gasteiger partial charge is 0.545 e. The summed E-state index contributed by atoms with van der Waals surface area (Å²) in [5.41, 5.74) is 2.37. The Bertz CT molecular complexity index is 508. The predicted octanol–water partition coefficient (Wildman–Crippen LogP) is -0.0597. The molecule has 1 aromatic carbocycles. The van der Waals surface area contributed by atoms with Gasteiger partial charge in [-0.05, 0) is 30.2 Å². The Morgan fingerprint density at radius 1 is 1.33 bits per heavy atom. The lowest BCUT2D eigenvalue weighted by Crippen LogP contribution is -2.27. The monoisotopic (exact) mass is 248 g/mol. The van der Waals surface area contributed by atoms with Crippen molar-refractivity contribution in [3.63, 3.8) is 0 Å². The standard InChI is InChI=1S/C13H15NO4/c1-17-11-5-8-3-4-14-10(7-13(15)16)9(8)6-12(11)18-2/h5-7,14H,3-4H2,1-2H3,(H,15,16)/p-1/b10-7+. The molecule has 1 heterocycles. The summed E-state index contributed by atoms with van der Waals surface area (Å²) in [6, 6.07) is 3.65. The molecule has 1 aromatic rings. The first kappa shape index (κ1) is 12.3. The summed E-state index contributed by atoms with van der Waals surface area (Å²) >= 11 is 0. The second kappa shape index (κ2) is 5.00. The van der Waals surface area contributed by atoms with Crippen molar-refractivity contribution >= 4 is 11.7 Å². The first-order valence-electron chi connectivity index (χ1n) is 5.57. The van der Waals surface area contributed by atoms with Gasteiger partial charge in [0.2, 0.25) is 0 Å². The minimum Gasteiger partial charge on any atom is -0.545 e. The fraction of sp³-hybridized carbons (Fsp3) is 0.308. The number of hydrogen-bond donors (Lipinski definition) is 1. The molecule has 0 saturated heterocycles. The summed E-state index contributed by atoms with van der Waals surface area (Å²) in [6.45, 7) is 0.682. The quantitative estimate of drug-likeness (QED) is 0.759. The van der Waals surface area contributed by atoms with Gasteiger partial charge < -0.3 is 24.7 Å². The fourth-order valence-corrected chi connectivity index (χ4v) is 2.05. The molecule has 1 N–H and O–H groups in total. The second-order valence-electron chi connectivity index (χ2n) is 3.92. The minimum atomic E-state index is -1.22. The van der Waals surface area contributed by atoms with E-state index < -0.39 is 5.97 Å². The highest BCUT2D eigenvalue weighted by Gasteiger charge is 2.17. The van der Waals surface area contributed by atoms with Crippen LogP contribution >= 0.6 is 0 Å². The Kier molecular flexibility index (Phi) is 3.41. The highest BCUT2D eigenvalue weighted by atomic mass is 16.5. The third kappa shape index (κ3) is 2.25. The van der Waals surface area contributed by atoms with Gasteiger partial charge in [0.15, 0.2) is 11.5 Å². The molecule has 0 saturated carbocycles. The number of benzene rings is 1. The zero-order chi connectivity index (χ0) is 13.1. The molecule has 5 nitrogen and oxygen atoms in total. The van der Waals surface area contributed by atoms with E-state index in [0.29, 0.717) is 23.7 Å². The maximum absolute atomic E-state index is 10.7. The van der Waals surface area contributed by atoms with Gasteiger partial charge in [-0.3, -0.25) is 0 Å². The van der Waals surface area contributed by atoms with Crippen LogP contribution in [0.4, 0.5) is 0 Å². The van der Waals surface area contributed by atoms with Gasteiger partial charge >= 0.3 is 0 Å². The molecule has 0 atom stereocenters. The summed E-state index contributed by atoms with van der Waals surface area (Å²) in [5, 5.41) is 13.7. The average Bonchev–Trinajstić information content (AvgIpc) is 2.37. The molecule has 18 heavy (non-hydrogen) atoms. The molecule has 5 heteroatoms. The van der Waals surface area contributed by atoms with Gasteiger partial charge in [-0.1, -0.05) is 0 Å². The lowest BCUT2D eigenvalue weighted by molar-refractivity contribution is -0.297. The topological polar surface area (TPSA) is 70.6 Å². The van der Waals surface area contributed by atoms with Gasteiger partial charge in [0.1, 0.15) is 0 Å². The Morgan fingerprint density at radius 3 is 2.61 bits per heavy atom. The number of fused-ring (bicyclic) bond motifs is 1. The lowest BCUT2D eigenvalue weighted by atomic mass is 9.97. The molecular weight excluding hydrogens is 234 g/mol. The smallest absolute Gasteiger partial charge is 0.161 e. The van der Waals surface area contributed by atoms with E-state index in [4.69, 9.17) is 9.47 Å². The van der Waals surface area contributed by atoms with Crippen molar-refractivity contribution in [1.29, 1.82) is 0 Å². The SMILES string of the molecule is COc1cc2c(cc1OC)/C(=C\C(=O)[O-])NCC2. The molecule has 0 fully saturated rings. The number of aliphatic carboxylic acids is 1. The van der Waals surface area contributed by atoms with Crippen LogP contribution in [0.1, 0.15) is 11.1 Å². The Labute approximate surface area is 105 Å². The van der Waals surface area contributed by atoms with E-state index in [1.807, 2.05) is 6.07 Å². The number of methoxy groups -OCH3 is 2. The van der Waals surface area contributed by atoms with Gasteiger partial charge in [0.25, 0.3) is 0 Å². The van der Waals surface area contributed by atoms with Crippen LogP contribution in [0.2, 0.25) is 0 Å². The molecule has 0 amide bonds. The molecule has 0 aliphatic carbocycles. The number of rotatable bonds is 3. The summed E-state index contributed by atoms with van der Waals surface area (Å²) < 4.78 is 10.4. The summed E-state index contributed by atoms with van der Waals surface area (Å²) in [5.74, 6) is -0.00437. The van der Waals surface area contributed by atoms with Crippen LogP contribution in [-0.4, -0.2) is 26.7 Å². The summed E-state index contributed by atoms with van der Waals surface area (Å²) in [7, 11) is 3.12. The van der Waals surface area contributed by atoms with Gasteiger partial charge in [-0.25, -0.2) is 0 Å². The maximum atomic E-state index is 10.7. The third-order valence-corrected chi connectivity index (χ3v) is 2.87. The number of carboxylic acid groups (broad SMARTS) is 1. The van der Waals surface area contributed by atoms with E-state index in [0.717, 1.165) is 23.6 Å². The minimum absolute atomic E-state index is 0.539.